The van der Waals surface area contributed by atoms with Gasteiger partial charge in [0.15, 0.2) is 11.5 Å². The number of rotatable bonds is 9. The molecular formula is C24H25NO5. The van der Waals surface area contributed by atoms with E-state index in [0.717, 1.165) is 11.1 Å². The summed E-state index contributed by atoms with van der Waals surface area (Å²) < 4.78 is 16.8. The Morgan fingerprint density at radius 2 is 1.67 bits per heavy atom. The topological polar surface area (TPSA) is 77.0 Å². The number of nitrogens with one attached hydrogen (secondary N) is 1. The minimum Gasteiger partial charge on any atom is -0.495 e. The molecule has 0 aliphatic heterocycles. The number of hydrogen-bond acceptors (Lipinski definition) is 5. The lowest BCUT2D eigenvalue weighted by Gasteiger charge is -2.15. The highest BCUT2D eigenvalue weighted by Crippen LogP contribution is 2.31. The van der Waals surface area contributed by atoms with Crippen LogP contribution in [0, 0.1) is 6.92 Å². The van der Waals surface area contributed by atoms with Crippen molar-refractivity contribution in [1.82, 2.24) is 0 Å². The number of carbonyl (C=O) groups is 1. The zero-order valence-corrected chi connectivity index (χ0v) is 17.3. The van der Waals surface area contributed by atoms with E-state index in [1.54, 1.807) is 26.4 Å². The maximum Gasteiger partial charge on any atom is 0.335 e. The van der Waals surface area contributed by atoms with Gasteiger partial charge in [-0.25, -0.2) is 4.79 Å². The van der Waals surface area contributed by atoms with Gasteiger partial charge in [0.05, 0.1) is 25.5 Å². The van der Waals surface area contributed by atoms with E-state index in [4.69, 9.17) is 14.2 Å². The van der Waals surface area contributed by atoms with Gasteiger partial charge in [0.25, 0.3) is 0 Å². The van der Waals surface area contributed by atoms with Gasteiger partial charge >= 0.3 is 5.97 Å². The summed E-state index contributed by atoms with van der Waals surface area (Å²) in [6.07, 6.45) is 0. The second-order valence-corrected chi connectivity index (χ2v) is 6.77. The van der Waals surface area contributed by atoms with Crippen molar-refractivity contribution in [2.45, 2.75) is 20.1 Å². The number of aromatic carboxylic acids is 1. The molecule has 0 unspecified atom stereocenters. The summed E-state index contributed by atoms with van der Waals surface area (Å²) in [4.78, 5) is 11.2. The van der Waals surface area contributed by atoms with E-state index < -0.39 is 5.97 Å². The van der Waals surface area contributed by atoms with E-state index in [1.807, 2.05) is 36.4 Å². The Balaban J connectivity index is 1.71. The third kappa shape index (κ3) is 5.03. The van der Waals surface area contributed by atoms with Crippen LogP contribution in [0.25, 0.3) is 0 Å². The monoisotopic (exact) mass is 407 g/mol. The van der Waals surface area contributed by atoms with Crippen LogP contribution in [0.2, 0.25) is 0 Å². The van der Waals surface area contributed by atoms with E-state index >= 15 is 0 Å². The fourth-order valence-corrected chi connectivity index (χ4v) is 3.05. The Labute approximate surface area is 176 Å². The molecule has 0 heterocycles. The van der Waals surface area contributed by atoms with Gasteiger partial charge in [-0.1, -0.05) is 30.3 Å². The number of methoxy groups -OCH3 is 2. The standard InChI is InChI=1S/C24H25NO5/c1-16-6-4-5-7-19(16)15-30-22-10-8-17(12-23(22)29-3)14-25-20-13-18(24(26)27)9-11-21(20)28-2/h4-13,25H,14-15H2,1-3H3,(H,26,27). The minimum absolute atomic E-state index is 0.191. The third-order valence-corrected chi connectivity index (χ3v) is 4.80. The predicted octanol–water partition coefficient (Wildman–Crippen LogP) is 4.90. The van der Waals surface area contributed by atoms with Crippen LogP contribution in [-0.4, -0.2) is 25.3 Å². The first-order valence-electron chi connectivity index (χ1n) is 9.51. The lowest BCUT2D eigenvalue weighted by molar-refractivity contribution is 0.0697. The maximum absolute atomic E-state index is 11.2. The number of aryl methyl sites for hydroxylation is 1. The van der Waals surface area contributed by atoms with Crippen LogP contribution < -0.4 is 19.5 Å². The molecule has 2 N–H and O–H groups in total. The molecule has 6 heteroatoms. The summed E-state index contributed by atoms with van der Waals surface area (Å²) in [6.45, 7) is 2.98. The normalized spacial score (nSPS) is 10.4. The first-order valence-corrected chi connectivity index (χ1v) is 9.51. The first-order chi connectivity index (χ1) is 14.5. The Bertz CT molecular complexity index is 1030. The molecule has 30 heavy (non-hydrogen) atoms. The molecule has 0 amide bonds. The molecule has 0 bridgehead atoms. The molecular weight excluding hydrogens is 382 g/mol. The van der Waals surface area contributed by atoms with E-state index in [9.17, 15) is 9.90 Å². The summed E-state index contributed by atoms with van der Waals surface area (Å²) in [5.41, 5.74) is 4.05. The number of benzene rings is 3. The molecule has 3 aromatic rings. The molecule has 0 fully saturated rings. The van der Waals surface area contributed by atoms with E-state index in [-0.39, 0.29) is 5.56 Å². The van der Waals surface area contributed by atoms with Gasteiger partial charge < -0.3 is 24.6 Å². The maximum atomic E-state index is 11.2. The Morgan fingerprint density at radius 1 is 0.933 bits per heavy atom. The molecule has 0 saturated heterocycles. The van der Waals surface area contributed by atoms with Gasteiger partial charge in [0.2, 0.25) is 0 Å². The van der Waals surface area contributed by atoms with Crippen molar-refractivity contribution >= 4 is 11.7 Å². The highest BCUT2D eigenvalue weighted by Gasteiger charge is 2.11. The number of carboxylic acids is 1. The molecule has 156 valence electrons. The highest BCUT2D eigenvalue weighted by atomic mass is 16.5. The molecule has 0 saturated carbocycles. The molecule has 0 atom stereocenters. The zero-order valence-electron chi connectivity index (χ0n) is 17.3. The predicted molar refractivity (Wildman–Crippen MR) is 116 cm³/mol. The van der Waals surface area contributed by atoms with Crippen LogP contribution in [-0.2, 0) is 13.2 Å². The first kappa shape index (κ1) is 21.0. The van der Waals surface area contributed by atoms with Crippen LogP contribution >= 0.6 is 0 Å². The number of anilines is 1. The fraction of sp³-hybridized carbons (Fsp3) is 0.208. The summed E-state index contributed by atoms with van der Waals surface area (Å²) in [6, 6.07) is 18.5. The smallest absolute Gasteiger partial charge is 0.335 e. The van der Waals surface area contributed by atoms with E-state index in [1.165, 1.54) is 11.6 Å². The molecule has 0 aliphatic rings. The Morgan fingerprint density at radius 3 is 2.37 bits per heavy atom. The van der Waals surface area contributed by atoms with Gasteiger partial charge in [0.1, 0.15) is 12.4 Å². The van der Waals surface area contributed by atoms with Crippen molar-refractivity contribution in [3.05, 3.63) is 82.9 Å². The second kappa shape index (κ2) is 9.69. The molecule has 0 radical (unpaired) electrons. The molecule has 6 nitrogen and oxygen atoms in total. The van der Waals surface area contributed by atoms with E-state index in [2.05, 4.69) is 18.3 Å². The van der Waals surface area contributed by atoms with Crippen LogP contribution in [0.3, 0.4) is 0 Å². The Hall–Kier alpha value is -3.67. The van der Waals surface area contributed by atoms with Gasteiger partial charge in [-0.2, -0.15) is 0 Å². The number of ether oxygens (including phenoxy) is 3. The number of hydrogen-bond donors (Lipinski definition) is 2. The fourth-order valence-electron chi connectivity index (χ4n) is 3.05. The lowest BCUT2D eigenvalue weighted by atomic mass is 10.1. The van der Waals surface area contributed by atoms with Crippen molar-refractivity contribution in [3.63, 3.8) is 0 Å². The molecule has 0 aromatic heterocycles. The quantitative estimate of drug-likeness (QED) is 0.525. The average molecular weight is 407 g/mol. The summed E-state index contributed by atoms with van der Waals surface area (Å²) in [5.74, 6) is 0.881. The van der Waals surface area contributed by atoms with Crippen molar-refractivity contribution in [1.29, 1.82) is 0 Å². The third-order valence-electron chi connectivity index (χ3n) is 4.80. The number of carboxylic acid groups (broad SMARTS) is 1. The van der Waals surface area contributed by atoms with Gasteiger partial charge in [-0.15, -0.1) is 0 Å². The second-order valence-electron chi connectivity index (χ2n) is 6.77. The van der Waals surface area contributed by atoms with Crippen LogP contribution in [0.5, 0.6) is 17.2 Å². The zero-order chi connectivity index (χ0) is 21.5. The van der Waals surface area contributed by atoms with Crippen molar-refractivity contribution < 1.29 is 24.1 Å². The summed E-state index contributed by atoms with van der Waals surface area (Å²) in [7, 11) is 3.15. The molecule has 0 aliphatic carbocycles. The van der Waals surface area contributed by atoms with Gasteiger partial charge in [-0.05, 0) is 53.9 Å². The van der Waals surface area contributed by atoms with Crippen LogP contribution in [0.4, 0.5) is 5.69 Å². The average Bonchev–Trinajstić information content (AvgIpc) is 2.77. The Kier molecular flexibility index (Phi) is 6.80. The van der Waals surface area contributed by atoms with Crippen LogP contribution in [0.1, 0.15) is 27.0 Å². The van der Waals surface area contributed by atoms with Crippen molar-refractivity contribution in [3.8, 4) is 17.2 Å². The highest BCUT2D eigenvalue weighted by molar-refractivity contribution is 5.89. The van der Waals surface area contributed by atoms with Gasteiger partial charge in [-0.3, -0.25) is 0 Å². The summed E-state index contributed by atoms with van der Waals surface area (Å²) in [5, 5.41) is 12.4. The molecule has 3 rings (SSSR count). The SMILES string of the molecule is COc1ccc(C(=O)O)cc1NCc1ccc(OCc2ccccc2C)c(OC)c1. The minimum atomic E-state index is -0.988. The largest absolute Gasteiger partial charge is 0.495 e. The van der Waals surface area contributed by atoms with Crippen molar-refractivity contribution in [2.24, 2.45) is 0 Å². The van der Waals surface area contributed by atoms with Crippen LogP contribution in [0.15, 0.2) is 60.7 Å². The van der Waals surface area contributed by atoms with Gasteiger partial charge in [0, 0.05) is 6.54 Å². The lowest BCUT2D eigenvalue weighted by Crippen LogP contribution is -2.05. The van der Waals surface area contributed by atoms with Crippen molar-refractivity contribution in [2.75, 3.05) is 19.5 Å². The molecule has 0 spiro atoms. The summed E-state index contributed by atoms with van der Waals surface area (Å²) >= 11 is 0. The van der Waals surface area contributed by atoms with E-state index in [0.29, 0.717) is 36.1 Å². The molecule has 3 aromatic carbocycles.